The predicted octanol–water partition coefficient (Wildman–Crippen LogP) is 1.08. The van der Waals surface area contributed by atoms with Crippen LogP contribution in [-0.4, -0.2) is 40.0 Å². The van der Waals surface area contributed by atoms with Gasteiger partial charge >= 0.3 is 0 Å². The number of hydrogen-bond donors (Lipinski definition) is 1. The molecule has 0 atom stereocenters. The van der Waals surface area contributed by atoms with Crippen LogP contribution in [0.2, 0.25) is 0 Å². The normalized spacial score (nSPS) is 11.8. The summed E-state index contributed by atoms with van der Waals surface area (Å²) in [5.41, 5.74) is 2.23. The molecule has 5 nitrogen and oxygen atoms in total. The fraction of sp³-hybridized carbons (Fsp3) is 0.500. The van der Waals surface area contributed by atoms with Crippen molar-refractivity contribution in [2.24, 2.45) is 0 Å². The molecule has 0 heterocycles. The molecule has 0 radical (unpaired) electrons. The molecule has 0 saturated carbocycles. The van der Waals surface area contributed by atoms with Crippen LogP contribution in [0.5, 0.6) is 5.75 Å². The van der Waals surface area contributed by atoms with Gasteiger partial charge in [-0.1, -0.05) is 12.1 Å². The SMILES string of the molecule is Cc1cccc(OCCNS(=O)(=O)N(C)C)c1C. The average molecular weight is 272 g/mol. The molecule has 0 aliphatic heterocycles. The number of nitrogens with one attached hydrogen (secondary N) is 1. The number of aryl methyl sites for hydroxylation is 1. The summed E-state index contributed by atoms with van der Waals surface area (Å²) in [5, 5.41) is 0. The number of rotatable bonds is 6. The zero-order chi connectivity index (χ0) is 13.8. The molecule has 1 aromatic carbocycles. The van der Waals surface area contributed by atoms with Crippen molar-refractivity contribution in [3.8, 4) is 5.75 Å². The summed E-state index contributed by atoms with van der Waals surface area (Å²) in [4.78, 5) is 0. The molecule has 6 heteroatoms. The van der Waals surface area contributed by atoms with Crippen LogP contribution in [0.25, 0.3) is 0 Å². The van der Waals surface area contributed by atoms with E-state index in [1.165, 1.54) is 14.1 Å². The van der Waals surface area contributed by atoms with E-state index < -0.39 is 10.2 Å². The smallest absolute Gasteiger partial charge is 0.279 e. The number of benzene rings is 1. The standard InChI is InChI=1S/C12H20N2O3S/c1-10-6-5-7-12(11(10)2)17-9-8-13-18(15,16)14(3)4/h5-7,13H,8-9H2,1-4H3. The Morgan fingerprint density at radius 2 is 1.94 bits per heavy atom. The molecule has 102 valence electrons. The van der Waals surface area contributed by atoms with Gasteiger partial charge in [-0.25, -0.2) is 0 Å². The highest BCUT2D eigenvalue weighted by atomic mass is 32.2. The fourth-order valence-corrected chi connectivity index (χ4v) is 1.94. The van der Waals surface area contributed by atoms with E-state index in [1.54, 1.807) is 0 Å². The Morgan fingerprint density at radius 1 is 1.28 bits per heavy atom. The lowest BCUT2D eigenvalue weighted by atomic mass is 10.1. The van der Waals surface area contributed by atoms with Crippen molar-refractivity contribution in [2.75, 3.05) is 27.2 Å². The van der Waals surface area contributed by atoms with Crippen LogP contribution >= 0.6 is 0 Å². The molecule has 1 rings (SSSR count). The van der Waals surface area contributed by atoms with Gasteiger partial charge in [0.15, 0.2) is 0 Å². The highest BCUT2D eigenvalue weighted by Gasteiger charge is 2.11. The Balaban J connectivity index is 2.46. The van der Waals surface area contributed by atoms with Gasteiger partial charge in [0.05, 0.1) is 0 Å². The van der Waals surface area contributed by atoms with Gasteiger partial charge in [0, 0.05) is 20.6 Å². The van der Waals surface area contributed by atoms with Crippen LogP contribution in [0.3, 0.4) is 0 Å². The molecule has 1 aromatic rings. The minimum atomic E-state index is -3.37. The molecule has 0 bridgehead atoms. The summed E-state index contributed by atoms with van der Waals surface area (Å²) >= 11 is 0. The highest BCUT2D eigenvalue weighted by molar-refractivity contribution is 7.87. The van der Waals surface area contributed by atoms with Crippen LogP contribution < -0.4 is 9.46 Å². The quantitative estimate of drug-likeness (QED) is 0.788. The third-order valence-electron chi connectivity index (χ3n) is 2.68. The first-order valence-electron chi connectivity index (χ1n) is 5.70. The minimum Gasteiger partial charge on any atom is -0.492 e. The van der Waals surface area contributed by atoms with E-state index in [-0.39, 0.29) is 6.54 Å². The van der Waals surface area contributed by atoms with Gasteiger partial charge in [-0.05, 0) is 31.0 Å². The van der Waals surface area contributed by atoms with Crippen LogP contribution in [0.1, 0.15) is 11.1 Å². The van der Waals surface area contributed by atoms with E-state index in [1.807, 2.05) is 32.0 Å². The first-order chi connectivity index (χ1) is 8.34. The lowest BCUT2D eigenvalue weighted by Gasteiger charge is -2.14. The van der Waals surface area contributed by atoms with E-state index in [0.717, 1.165) is 21.2 Å². The maximum atomic E-state index is 11.4. The molecule has 0 unspecified atom stereocenters. The molecule has 0 fully saturated rings. The number of ether oxygens (including phenoxy) is 1. The second kappa shape index (κ2) is 6.17. The van der Waals surface area contributed by atoms with E-state index >= 15 is 0 Å². The summed E-state index contributed by atoms with van der Waals surface area (Å²) in [7, 11) is -0.407. The van der Waals surface area contributed by atoms with Gasteiger partial charge in [0.25, 0.3) is 10.2 Å². The van der Waals surface area contributed by atoms with E-state index in [4.69, 9.17) is 4.74 Å². The summed E-state index contributed by atoms with van der Waals surface area (Å²) in [6.45, 7) is 4.54. The number of nitrogens with zero attached hydrogens (tertiary/aromatic N) is 1. The van der Waals surface area contributed by atoms with Crippen molar-refractivity contribution in [3.63, 3.8) is 0 Å². The van der Waals surface area contributed by atoms with Gasteiger partial charge in [-0.3, -0.25) is 0 Å². The lowest BCUT2D eigenvalue weighted by Crippen LogP contribution is -2.37. The monoisotopic (exact) mass is 272 g/mol. The van der Waals surface area contributed by atoms with Crippen LogP contribution in [0.4, 0.5) is 0 Å². The summed E-state index contributed by atoms with van der Waals surface area (Å²) in [5.74, 6) is 0.791. The molecule has 0 spiro atoms. The van der Waals surface area contributed by atoms with Crippen LogP contribution in [0, 0.1) is 13.8 Å². The maximum absolute atomic E-state index is 11.4. The first-order valence-corrected chi connectivity index (χ1v) is 7.14. The first kappa shape index (κ1) is 14.9. The Bertz CT molecular complexity index is 498. The zero-order valence-corrected chi connectivity index (χ0v) is 12.0. The third kappa shape index (κ3) is 3.97. The van der Waals surface area contributed by atoms with Crippen molar-refractivity contribution < 1.29 is 13.2 Å². The van der Waals surface area contributed by atoms with Crippen molar-refractivity contribution in [2.45, 2.75) is 13.8 Å². The van der Waals surface area contributed by atoms with Crippen molar-refractivity contribution >= 4 is 10.2 Å². The molecule has 0 aromatic heterocycles. The molecular weight excluding hydrogens is 252 g/mol. The summed E-state index contributed by atoms with van der Waals surface area (Å²) in [6, 6.07) is 5.81. The lowest BCUT2D eigenvalue weighted by molar-refractivity contribution is 0.319. The Kier molecular flexibility index (Phi) is 5.13. The van der Waals surface area contributed by atoms with E-state index in [9.17, 15) is 8.42 Å². The van der Waals surface area contributed by atoms with E-state index in [2.05, 4.69) is 4.72 Å². The minimum absolute atomic E-state index is 0.244. The van der Waals surface area contributed by atoms with Gasteiger partial charge in [0.2, 0.25) is 0 Å². The Hall–Kier alpha value is -1.11. The molecule has 0 saturated heterocycles. The van der Waals surface area contributed by atoms with Gasteiger partial charge in [-0.2, -0.15) is 17.4 Å². The van der Waals surface area contributed by atoms with Gasteiger partial charge < -0.3 is 4.74 Å². The fourth-order valence-electron chi connectivity index (χ4n) is 1.34. The largest absolute Gasteiger partial charge is 0.492 e. The maximum Gasteiger partial charge on any atom is 0.279 e. The number of hydrogen-bond acceptors (Lipinski definition) is 3. The second-order valence-electron chi connectivity index (χ2n) is 4.23. The zero-order valence-electron chi connectivity index (χ0n) is 11.2. The van der Waals surface area contributed by atoms with Gasteiger partial charge in [-0.15, -0.1) is 0 Å². The third-order valence-corrected chi connectivity index (χ3v) is 4.21. The summed E-state index contributed by atoms with van der Waals surface area (Å²) in [6.07, 6.45) is 0. The van der Waals surface area contributed by atoms with Crippen LogP contribution in [0.15, 0.2) is 18.2 Å². The molecule has 18 heavy (non-hydrogen) atoms. The van der Waals surface area contributed by atoms with E-state index in [0.29, 0.717) is 6.61 Å². The summed E-state index contributed by atoms with van der Waals surface area (Å²) < 4.78 is 32.0. The molecular formula is C12H20N2O3S. The van der Waals surface area contributed by atoms with Crippen molar-refractivity contribution in [3.05, 3.63) is 29.3 Å². The van der Waals surface area contributed by atoms with Crippen LogP contribution in [-0.2, 0) is 10.2 Å². The molecule has 0 amide bonds. The van der Waals surface area contributed by atoms with Gasteiger partial charge in [0.1, 0.15) is 12.4 Å². The average Bonchev–Trinajstić information content (AvgIpc) is 2.29. The predicted molar refractivity (Wildman–Crippen MR) is 72.0 cm³/mol. The topological polar surface area (TPSA) is 58.6 Å². The molecule has 0 aliphatic rings. The molecule has 0 aliphatic carbocycles. The highest BCUT2D eigenvalue weighted by Crippen LogP contribution is 2.20. The Labute approximate surface area is 109 Å². The van der Waals surface area contributed by atoms with Crippen molar-refractivity contribution in [1.29, 1.82) is 0 Å². The van der Waals surface area contributed by atoms with Crippen molar-refractivity contribution in [1.82, 2.24) is 9.03 Å². The second-order valence-corrected chi connectivity index (χ2v) is 6.20. The Morgan fingerprint density at radius 3 is 2.56 bits per heavy atom. The molecule has 1 N–H and O–H groups in total.